The summed E-state index contributed by atoms with van der Waals surface area (Å²) in [6.07, 6.45) is 1.66. The first-order valence-electron chi connectivity index (χ1n) is 8.55. The summed E-state index contributed by atoms with van der Waals surface area (Å²) in [6, 6.07) is 11.1. The second kappa shape index (κ2) is 9.64. The van der Waals surface area contributed by atoms with Crippen molar-refractivity contribution in [1.29, 1.82) is 0 Å². The van der Waals surface area contributed by atoms with Crippen molar-refractivity contribution in [2.24, 2.45) is 0 Å². The van der Waals surface area contributed by atoms with Crippen LogP contribution in [0.2, 0.25) is 0 Å². The van der Waals surface area contributed by atoms with E-state index in [0.717, 1.165) is 25.3 Å². The van der Waals surface area contributed by atoms with Gasteiger partial charge in [-0.25, -0.2) is 4.98 Å². The number of aromatic nitrogens is 1. The molecule has 1 amide bonds. The number of ether oxygens (including phenoxy) is 1. The molecule has 0 saturated carbocycles. The van der Waals surface area contributed by atoms with Crippen molar-refractivity contribution in [1.82, 2.24) is 15.2 Å². The van der Waals surface area contributed by atoms with Gasteiger partial charge >= 0.3 is 0 Å². The number of amides is 1. The molecule has 2 aromatic rings. The van der Waals surface area contributed by atoms with Crippen LogP contribution in [0.1, 0.15) is 24.2 Å². The highest BCUT2D eigenvalue weighted by atomic mass is 16.5. The van der Waals surface area contributed by atoms with Gasteiger partial charge in [0.15, 0.2) is 0 Å². The average Bonchev–Trinajstić information content (AvgIpc) is 2.66. The van der Waals surface area contributed by atoms with Crippen LogP contribution in [0.3, 0.4) is 0 Å². The Kier molecular flexibility index (Phi) is 7.22. The lowest BCUT2D eigenvalue weighted by atomic mass is 10.2. The molecular formula is C19H26N4O2. The van der Waals surface area contributed by atoms with E-state index in [1.807, 2.05) is 24.3 Å². The van der Waals surface area contributed by atoms with Crippen LogP contribution in [0.15, 0.2) is 42.6 Å². The second-order valence-corrected chi connectivity index (χ2v) is 5.51. The van der Waals surface area contributed by atoms with E-state index in [1.165, 1.54) is 0 Å². The van der Waals surface area contributed by atoms with E-state index in [1.54, 1.807) is 25.4 Å². The van der Waals surface area contributed by atoms with Crippen molar-refractivity contribution in [3.8, 4) is 5.75 Å². The van der Waals surface area contributed by atoms with Crippen molar-refractivity contribution in [2.45, 2.75) is 13.8 Å². The zero-order valence-corrected chi connectivity index (χ0v) is 15.1. The number of nitrogens with one attached hydrogen (secondary N) is 2. The topological polar surface area (TPSA) is 66.5 Å². The zero-order chi connectivity index (χ0) is 18.1. The SMILES string of the molecule is CCN(CC)CCNC(=O)c1cccnc1Nc1ccccc1OC. The van der Waals surface area contributed by atoms with Crippen molar-refractivity contribution < 1.29 is 9.53 Å². The lowest BCUT2D eigenvalue weighted by Gasteiger charge is -2.18. The second-order valence-electron chi connectivity index (χ2n) is 5.51. The predicted octanol–water partition coefficient (Wildman–Crippen LogP) is 2.91. The van der Waals surface area contributed by atoms with E-state index < -0.39 is 0 Å². The number of pyridine rings is 1. The van der Waals surface area contributed by atoms with Gasteiger partial charge in [-0.1, -0.05) is 26.0 Å². The summed E-state index contributed by atoms with van der Waals surface area (Å²) < 4.78 is 5.34. The fraction of sp³-hybridized carbons (Fsp3) is 0.368. The van der Waals surface area contributed by atoms with E-state index in [0.29, 0.717) is 23.7 Å². The first kappa shape index (κ1) is 18.7. The molecule has 6 nitrogen and oxygen atoms in total. The van der Waals surface area contributed by atoms with Crippen LogP contribution in [-0.2, 0) is 0 Å². The van der Waals surface area contributed by atoms with Crippen molar-refractivity contribution in [2.75, 3.05) is 38.6 Å². The molecule has 0 saturated heterocycles. The number of methoxy groups -OCH3 is 1. The third-order valence-corrected chi connectivity index (χ3v) is 4.02. The number of rotatable bonds is 9. The Morgan fingerprint density at radius 2 is 1.92 bits per heavy atom. The van der Waals surface area contributed by atoms with Gasteiger partial charge in [0.25, 0.3) is 5.91 Å². The number of hydrogen-bond donors (Lipinski definition) is 2. The summed E-state index contributed by atoms with van der Waals surface area (Å²) in [5.74, 6) is 1.06. The number of hydrogen-bond acceptors (Lipinski definition) is 5. The van der Waals surface area contributed by atoms with Crippen LogP contribution in [0.4, 0.5) is 11.5 Å². The molecule has 1 aromatic heterocycles. The molecule has 0 bridgehead atoms. The number of carbonyl (C=O) groups excluding carboxylic acids is 1. The maximum absolute atomic E-state index is 12.5. The molecule has 134 valence electrons. The number of benzene rings is 1. The summed E-state index contributed by atoms with van der Waals surface area (Å²) in [5, 5.41) is 6.15. The Bertz CT molecular complexity index is 687. The molecule has 6 heteroatoms. The van der Waals surface area contributed by atoms with Gasteiger partial charge in [-0.2, -0.15) is 0 Å². The van der Waals surface area contributed by atoms with Crippen LogP contribution in [0.5, 0.6) is 5.75 Å². The van der Waals surface area contributed by atoms with Gasteiger partial charge in [-0.3, -0.25) is 4.79 Å². The highest BCUT2D eigenvalue weighted by molar-refractivity contribution is 5.99. The molecule has 1 aromatic carbocycles. The summed E-state index contributed by atoms with van der Waals surface area (Å²) >= 11 is 0. The molecule has 25 heavy (non-hydrogen) atoms. The molecule has 0 aliphatic rings. The Labute approximate surface area is 149 Å². The van der Waals surface area contributed by atoms with Gasteiger partial charge in [-0.15, -0.1) is 0 Å². The normalized spacial score (nSPS) is 10.6. The maximum atomic E-state index is 12.5. The Morgan fingerprint density at radius 3 is 2.64 bits per heavy atom. The fourth-order valence-electron chi connectivity index (χ4n) is 2.53. The summed E-state index contributed by atoms with van der Waals surface area (Å²) in [4.78, 5) is 19.1. The highest BCUT2D eigenvalue weighted by Gasteiger charge is 2.13. The van der Waals surface area contributed by atoms with Gasteiger partial charge in [0.05, 0.1) is 18.4 Å². The standard InChI is InChI=1S/C19H26N4O2/c1-4-23(5-2)14-13-21-19(24)15-9-8-12-20-18(15)22-16-10-6-7-11-17(16)25-3/h6-12H,4-5,13-14H2,1-3H3,(H,20,22)(H,21,24). The summed E-state index contributed by atoms with van der Waals surface area (Å²) in [6.45, 7) is 7.60. The molecule has 2 rings (SSSR count). The van der Waals surface area contributed by atoms with E-state index in [2.05, 4.69) is 34.4 Å². The lowest BCUT2D eigenvalue weighted by molar-refractivity contribution is 0.0949. The van der Waals surface area contributed by atoms with Crippen LogP contribution in [0, 0.1) is 0 Å². The zero-order valence-electron chi connectivity index (χ0n) is 15.1. The molecule has 0 unspecified atom stereocenters. The molecular weight excluding hydrogens is 316 g/mol. The van der Waals surface area contributed by atoms with Gasteiger partial charge in [0.1, 0.15) is 11.6 Å². The van der Waals surface area contributed by atoms with E-state index in [4.69, 9.17) is 4.74 Å². The van der Waals surface area contributed by atoms with Crippen LogP contribution >= 0.6 is 0 Å². The van der Waals surface area contributed by atoms with Crippen molar-refractivity contribution >= 4 is 17.4 Å². The van der Waals surface area contributed by atoms with Crippen molar-refractivity contribution in [3.63, 3.8) is 0 Å². The summed E-state index contributed by atoms with van der Waals surface area (Å²) in [5.41, 5.74) is 1.27. The molecule has 0 radical (unpaired) electrons. The van der Waals surface area contributed by atoms with Crippen molar-refractivity contribution in [3.05, 3.63) is 48.2 Å². The van der Waals surface area contributed by atoms with Crippen LogP contribution in [0.25, 0.3) is 0 Å². The van der Waals surface area contributed by atoms with Gasteiger partial charge < -0.3 is 20.3 Å². The first-order valence-corrected chi connectivity index (χ1v) is 8.55. The third kappa shape index (κ3) is 5.19. The lowest BCUT2D eigenvalue weighted by Crippen LogP contribution is -2.35. The minimum absolute atomic E-state index is 0.141. The van der Waals surface area contributed by atoms with E-state index in [9.17, 15) is 4.79 Å². The maximum Gasteiger partial charge on any atom is 0.255 e. The van der Waals surface area contributed by atoms with Gasteiger partial charge in [-0.05, 0) is 37.4 Å². The van der Waals surface area contributed by atoms with Gasteiger partial charge in [0.2, 0.25) is 0 Å². The van der Waals surface area contributed by atoms with Gasteiger partial charge in [0, 0.05) is 19.3 Å². The first-order chi connectivity index (χ1) is 12.2. The quantitative estimate of drug-likeness (QED) is 0.733. The molecule has 0 fully saturated rings. The molecule has 0 atom stereocenters. The Balaban J connectivity index is 2.08. The molecule has 0 spiro atoms. The Hall–Kier alpha value is -2.60. The number of anilines is 2. The number of likely N-dealkylation sites (N-methyl/N-ethyl adjacent to an activating group) is 1. The van der Waals surface area contributed by atoms with Crippen LogP contribution in [-0.4, -0.2) is 49.1 Å². The monoisotopic (exact) mass is 342 g/mol. The predicted molar refractivity (Wildman–Crippen MR) is 101 cm³/mol. The molecule has 1 heterocycles. The number of nitrogens with zero attached hydrogens (tertiary/aromatic N) is 2. The minimum Gasteiger partial charge on any atom is -0.495 e. The fourth-order valence-corrected chi connectivity index (χ4v) is 2.53. The largest absolute Gasteiger partial charge is 0.495 e. The molecule has 0 aliphatic carbocycles. The summed E-state index contributed by atoms with van der Waals surface area (Å²) in [7, 11) is 1.61. The minimum atomic E-state index is -0.141. The number of carbonyl (C=O) groups is 1. The molecule has 0 aliphatic heterocycles. The Morgan fingerprint density at radius 1 is 1.16 bits per heavy atom. The highest BCUT2D eigenvalue weighted by Crippen LogP contribution is 2.27. The smallest absolute Gasteiger partial charge is 0.255 e. The van der Waals surface area contributed by atoms with E-state index in [-0.39, 0.29) is 5.91 Å². The third-order valence-electron chi connectivity index (χ3n) is 4.02. The number of para-hydroxylation sites is 2. The average molecular weight is 342 g/mol. The van der Waals surface area contributed by atoms with Crippen LogP contribution < -0.4 is 15.4 Å². The van der Waals surface area contributed by atoms with E-state index >= 15 is 0 Å². The molecule has 2 N–H and O–H groups in total.